The summed E-state index contributed by atoms with van der Waals surface area (Å²) < 4.78 is 49.5. The summed E-state index contributed by atoms with van der Waals surface area (Å²) in [6.07, 6.45) is 0. The van der Waals surface area contributed by atoms with Gasteiger partial charge in [0.25, 0.3) is 15.9 Å². The number of sulfonamides is 1. The van der Waals surface area contributed by atoms with Gasteiger partial charge in [-0.1, -0.05) is 4.89 Å². The van der Waals surface area contributed by atoms with Crippen LogP contribution in [0.25, 0.3) is 0 Å². The highest BCUT2D eigenvalue weighted by Gasteiger charge is 2.17. The van der Waals surface area contributed by atoms with Crippen molar-refractivity contribution in [1.82, 2.24) is 9.79 Å². The predicted octanol–water partition coefficient (Wildman–Crippen LogP) is 1.27. The van der Waals surface area contributed by atoms with Crippen molar-refractivity contribution in [2.75, 3.05) is 25.5 Å². The first-order valence-corrected chi connectivity index (χ1v) is 9.34. The van der Waals surface area contributed by atoms with Crippen LogP contribution in [0.1, 0.15) is 0 Å². The SMILES string of the molecule is CN(CC(=O)Nc1ccc(F)cc1)C(=O)CONS(=O)(=O)c1ccc(F)cc1. The van der Waals surface area contributed by atoms with Crippen molar-refractivity contribution in [1.29, 1.82) is 0 Å². The molecule has 0 aliphatic heterocycles. The van der Waals surface area contributed by atoms with Gasteiger partial charge in [-0.2, -0.15) is 0 Å². The van der Waals surface area contributed by atoms with Crippen LogP contribution >= 0.6 is 0 Å². The average Bonchev–Trinajstić information content (AvgIpc) is 2.63. The number of nitrogens with one attached hydrogen (secondary N) is 2. The molecular weight excluding hydrogens is 396 g/mol. The second-order valence-corrected chi connectivity index (χ2v) is 7.28. The van der Waals surface area contributed by atoms with E-state index in [9.17, 15) is 26.8 Å². The minimum atomic E-state index is -4.09. The lowest BCUT2D eigenvalue weighted by Gasteiger charge is -2.17. The Morgan fingerprint density at radius 2 is 1.54 bits per heavy atom. The van der Waals surface area contributed by atoms with Crippen molar-refractivity contribution < 1.29 is 31.6 Å². The fraction of sp³-hybridized carbons (Fsp3) is 0.176. The van der Waals surface area contributed by atoms with Crippen molar-refractivity contribution in [2.24, 2.45) is 0 Å². The first-order chi connectivity index (χ1) is 13.2. The quantitative estimate of drug-likeness (QED) is 0.635. The Kier molecular flexibility index (Phi) is 7.15. The molecule has 0 radical (unpaired) electrons. The van der Waals surface area contributed by atoms with Crippen LogP contribution in [0.15, 0.2) is 53.4 Å². The van der Waals surface area contributed by atoms with E-state index in [1.165, 1.54) is 31.3 Å². The molecule has 0 aliphatic rings. The van der Waals surface area contributed by atoms with Gasteiger partial charge < -0.3 is 10.2 Å². The third kappa shape index (κ3) is 6.37. The summed E-state index contributed by atoms with van der Waals surface area (Å²) in [6.45, 7) is -0.995. The molecule has 2 aromatic carbocycles. The maximum Gasteiger partial charge on any atom is 0.262 e. The number of benzene rings is 2. The normalized spacial score (nSPS) is 11.1. The van der Waals surface area contributed by atoms with Gasteiger partial charge in [0.15, 0.2) is 0 Å². The number of likely N-dealkylation sites (N-methyl/N-ethyl adjacent to an activating group) is 1. The van der Waals surface area contributed by atoms with E-state index in [1.54, 1.807) is 4.89 Å². The van der Waals surface area contributed by atoms with E-state index < -0.39 is 40.1 Å². The molecule has 0 saturated heterocycles. The fourth-order valence-corrected chi connectivity index (χ4v) is 2.78. The molecule has 0 saturated carbocycles. The van der Waals surface area contributed by atoms with E-state index in [4.69, 9.17) is 0 Å². The predicted molar refractivity (Wildman–Crippen MR) is 95.3 cm³/mol. The van der Waals surface area contributed by atoms with E-state index in [0.29, 0.717) is 5.69 Å². The average molecular weight is 413 g/mol. The molecule has 0 heterocycles. The van der Waals surface area contributed by atoms with Crippen LogP contribution in [0, 0.1) is 11.6 Å². The van der Waals surface area contributed by atoms with E-state index in [-0.39, 0.29) is 11.4 Å². The van der Waals surface area contributed by atoms with Gasteiger partial charge in [0.1, 0.15) is 18.2 Å². The molecule has 0 spiro atoms. The smallest absolute Gasteiger partial charge is 0.262 e. The van der Waals surface area contributed by atoms with E-state index in [2.05, 4.69) is 10.2 Å². The van der Waals surface area contributed by atoms with E-state index >= 15 is 0 Å². The second kappa shape index (κ2) is 9.35. The number of carbonyl (C=O) groups excluding carboxylic acids is 2. The molecule has 0 bridgehead atoms. The maximum absolute atomic E-state index is 12.8. The molecule has 8 nitrogen and oxygen atoms in total. The van der Waals surface area contributed by atoms with Crippen LogP contribution in [0.5, 0.6) is 0 Å². The van der Waals surface area contributed by atoms with Gasteiger partial charge >= 0.3 is 0 Å². The monoisotopic (exact) mass is 413 g/mol. The summed E-state index contributed by atoms with van der Waals surface area (Å²) in [5, 5.41) is 2.48. The van der Waals surface area contributed by atoms with Gasteiger partial charge in [-0.25, -0.2) is 17.2 Å². The van der Waals surface area contributed by atoms with Gasteiger partial charge in [0, 0.05) is 12.7 Å². The zero-order chi connectivity index (χ0) is 20.7. The number of hydrogen-bond acceptors (Lipinski definition) is 5. The van der Waals surface area contributed by atoms with Crippen molar-refractivity contribution in [3.63, 3.8) is 0 Å². The van der Waals surface area contributed by atoms with Crippen LogP contribution in [-0.4, -0.2) is 45.3 Å². The third-order valence-corrected chi connectivity index (χ3v) is 4.65. The van der Waals surface area contributed by atoms with E-state index in [0.717, 1.165) is 29.2 Å². The summed E-state index contributed by atoms with van der Waals surface area (Å²) in [4.78, 5) is 31.0. The summed E-state index contributed by atoms with van der Waals surface area (Å²) in [5.74, 6) is -2.26. The minimum absolute atomic E-state index is 0.242. The van der Waals surface area contributed by atoms with Crippen LogP contribution < -0.4 is 10.2 Å². The minimum Gasteiger partial charge on any atom is -0.334 e. The zero-order valence-corrected chi connectivity index (χ0v) is 15.5. The number of nitrogens with zero attached hydrogens (tertiary/aromatic N) is 1. The largest absolute Gasteiger partial charge is 0.334 e. The Balaban J connectivity index is 1.79. The van der Waals surface area contributed by atoms with E-state index in [1.807, 2.05) is 0 Å². The van der Waals surface area contributed by atoms with Gasteiger partial charge in [-0.15, -0.1) is 0 Å². The highest BCUT2D eigenvalue weighted by atomic mass is 32.2. The summed E-state index contributed by atoms with van der Waals surface area (Å²) in [5.41, 5.74) is 0.357. The molecule has 0 fully saturated rings. The molecule has 0 aromatic heterocycles. The summed E-state index contributed by atoms with van der Waals surface area (Å²) >= 11 is 0. The summed E-state index contributed by atoms with van der Waals surface area (Å²) in [6, 6.07) is 9.08. The first kappa shape index (κ1) is 21.4. The number of carbonyl (C=O) groups is 2. The lowest BCUT2D eigenvalue weighted by atomic mass is 10.3. The van der Waals surface area contributed by atoms with Crippen molar-refractivity contribution in [3.8, 4) is 0 Å². The molecule has 2 rings (SSSR count). The second-order valence-electron chi connectivity index (χ2n) is 5.63. The molecule has 0 aliphatic carbocycles. The van der Waals surface area contributed by atoms with Crippen LogP contribution in [0.4, 0.5) is 14.5 Å². The molecule has 2 aromatic rings. The van der Waals surface area contributed by atoms with Crippen LogP contribution in [-0.2, 0) is 24.4 Å². The molecule has 0 unspecified atom stereocenters. The topological polar surface area (TPSA) is 105 Å². The number of hydrogen-bond donors (Lipinski definition) is 2. The van der Waals surface area contributed by atoms with Gasteiger partial charge in [-0.05, 0) is 48.5 Å². The Hall–Kier alpha value is -2.89. The molecule has 2 amide bonds. The zero-order valence-electron chi connectivity index (χ0n) is 14.7. The molecule has 2 N–H and O–H groups in total. The van der Waals surface area contributed by atoms with Gasteiger partial charge in [-0.3, -0.25) is 14.4 Å². The number of halogens is 2. The Morgan fingerprint density at radius 1 is 1.00 bits per heavy atom. The molecule has 0 atom stereocenters. The number of rotatable bonds is 8. The highest BCUT2D eigenvalue weighted by Crippen LogP contribution is 2.10. The maximum atomic E-state index is 12.8. The number of amides is 2. The molecular formula is C17H17F2N3O5S. The fourth-order valence-electron chi connectivity index (χ4n) is 1.98. The van der Waals surface area contributed by atoms with Gasteiger partial charge in [0.2, 0.25) is 5.91 Å². The van der Waals surface area contributed by atoms with Crippen molar-refractivity contribution in [2.45, 2.75) is 4.90 Å². The van der Waals surface area contributed by atoms with Crippen LogP contribution in [0.2, 0.25) is 0 Å². The standard InChI is InChI=1S/C17H17F2N3O5S/c1-22(10-16(23)20-14-6-2-12(18)3-7-14)17(24)11-27-21-28(25,26)15-8-4-13(19)5-9-15/h2-9,21H,10-11H2,1H3,(H,20,23). The van der Waals surface area contributed by atoms with Crippen molar-refractivity contribution >= 4 is 27.5 Å². The summed E-state index contributed by atoms with van der Waals surface area (Å²) in [7, 11) is -2.76. The molecule has 28 heavy (non-hydrogen) atoms. The Labute approximate surface area is 160 Å². The molecule has 11 heteroatoms. The lowest BCUT2D eigenvalue weighted by molar-refractivity contribution is -0.138. The first-order valence-electron chi connectivity index (χ1n) is 7.86. The van der Waals surface area contributed by atoms with Gasteiger partial charge in [0.05, 0.1) is 11.4 Å². The lowest BCUT2D eigenvalue weighted by Crippen LogP contribution is -2.38. The number of anilines is 1. The Bertz CT molecular complexity index is 934. The van der Waals surface area contributed by atoms with Crippen LogP contribution in [0.3, 0.4) is 0 Å². The van der Waals surface area contributed by atoms with Crippen molar-refractivity contribution in [3.05, 3.63) is 60.2 Å². The third-order valence-electron chi connectivity index (χ3n) is 3.42. The highest BCUT2D eigenvalue weighted by molar-refractivity contribution is 7.89. The Morgan fingerprint density at radius 3 is 2.11 bits per heavy atom. The molecule has 150 valence electrons.